The fourth-order valence-electron chi connectivity index (χ4n) is 3.41. The number of aryl methyl sites for hydroxylation is 2. The molecule has 0 saturated carbocycles. The second-order valence-electron chi connectivity index (χ2n) is 6.66. The summed E-state index contributed by atoms with van der Waals surface area (Å²) >= 11 is 0. The highest BCUT2D eigenvalue weighted by Gasteiger charge is 2.35. The largest absolute Gasteiger partial charge is 0.378 e. The first-order valence-corrected chi connectivity index (χ1v) is 8.29. The predicted molar refractivity (Wildman–Crippen MR) is 88.6 cm³/mol. The van der Waals surface area contributed by atoms with E-state index in [2.05, 4.69) is 27.1 Å². The van der Waals surface area contributed by atoms with Crippen LogP contribution in [0.3, 0.4) is 0 Å². The number of ether oxygens (including phenoxy) is 1. The summed E-state index contributed by atoms with van der Waals surface area (Å²) in [5.41, 5.74) is 2.42. The molecule has 0 aromatic carbocycles. The lowest BCUT2D eigenvalue weighted by Gasteiger charge is -2.38. The molecular formula is C17H26N4O2. The van der Waals surface area contributed by atoms with Crippen molar-refractivity contribution >= 4 is 5.91 Å². The first kappa shape index (κ1) is 16.4. The van der Waals surface area contributed by atoms with E-state index >= 15 is 0 Å². The van der Waals surface area contributed by atoms with Crippen molar-refractivity contribution in [1.29, 1.82) is 0 Å². The molecule has 6 heteroatoms. The Labute approximate surface area is 137 Å². The smallest absolute Gasteiger partial charge is 0.251 e. The van der Waals surface area contributed by atoms with Gasteiger partial charge in [-0.2, -0.15) is 0 Å². The molecule has 1 aromatic heterocycles. The van der Waals surface area contributed by atoms with Crippen molar-refractivity contribution in [1.82, 2.24) is 20.1 Å². The molecule has 2 aliphatic heterocycles. The van der Waals surface area contributed by atoms with Crippen molar-refractivity contribution in [3.63, 3.8) is 0 Å². The summed E-state index contributed by atoms with van der Waals surface area (Å²) < 4.78 is 5.65. The Kier molecular flexibility index (Phi) is 4.94. The van der Waals surface area contributed by atoms with Gasteiger partial charge in [-0.05, 0) is 33.0 Å². The van der Waals surface area contributed by atoms with Crippen molar-refractivity contribution < 1.29 is 9.53 Å². The summed E-state index contributed by atoms with van der Waals surface area (Å²) in [5, 5.41) is 3.16. The zero-order chi connectivity index (χ0) is 16.4. The van der Waals surface area contributed by atoms with Crippen LogP contribution >= 0.6 is 0 Å². The molecule has 126 valence electrons. The Morgan fingerprint density at radius 2 is 1.83 bits per heavy atom. The highest BCUT2D eigenvalue weighted by Crippen LogP contribution is 2.16. The minimum atomic E-state index is -0.0340. The summed E-state index contributed by atoms with van der Waals surface area (Å²) in [6.07, 6.45) is 0. The van der Waals surface area contributed by atoms with Crippen LogP contribution in [-0.4, -0.2) is 79.2 Å². The Balaban J connectivity index is 1.65. The lowest BCUT2D eigenvalue weighted by Crippen LogP contribution is -2.56. The van der Waals surface area contributed by atoms with E-state index in [1.807, 2.05) is 26.0 Å². The number of hydrogen-bond donors (Lipinski definition) is 1. The molecule has 1 N–H and O–H groups in total. The van der Waals surface area contributed by atoms with Gasteiger partial charge in [0.05, 0.1) is 25.3 Å². The summed E-state index contributed by atoms with van der Waals surface area (Å²) in [4.78, 5) is 21.7. The van der Waals surface area contributed by atoms with Crippen molar-refractivity contribution in [3.8, 4) is 0 Å². The number of nitrogens with zero attached hydrogens (tertiary/aromatic N) is 3. The third kappa shape index (κ3) is 3.88. The molecule has 6 nitrogen and oxygen atoms in total. The maximum Gasteiger partial charge on any atom is 0.251 e. The average molecular weight is 318 g/mol. The van der Waals surface area contributed by atoms with Crippen LogP contribution in [0.2, 0.25) is 0 Å². The van der Waals surface area contributed by atoms with Crippen LogP contribution in [-0.2, 0) is 4.74 Å². The van der Waals surface area contributed by atoms with Gasteiger partial charge >= 0.3 is 0 Å². The number of hydrogen-bond acceptors (Lipinski definition) is 5. The Bertz CT molecular complexity index is 549. The number of piperazine rings is 1. The monoisotopic (exact) mass is 318 g/mol. The standard InChI is InChI=1S/C17H26N4O2/c1-12-8-14(9-13(2)18-12)17(22)19-15-10-23-11-16(15)21-6-4-20(3)5-7-21/h8-9,15-16H,4-7,10-11H2,1-3H3,(H,19,22)/t15-,16-/m0/s1. The van der Waals surface area contributed by atoms with Crippen LogP contribution in [0.5, 0.6) is 0 Å². The zero-order valence-electron chi connectivity index (χ0n) is 14.2. The molecule has 2 atom stereocenters. The van der Waals surface area contributed by atoms with Crippen LogP contribution in [0.25, 0.3) is 0 Å². The van der Waals surface area contributed by atoms with Gasteiger partial charge in [0.15, 0.2) is 0 Å². The fraction of sp³-hybridized carbons (Fsp3) is 0.647. The van der Waals surface area contributed by atoms with Crippen molar-refractivity contribution in [2.75, 3.05) is 46.4 Å². The maximum absolute atomic E-state index is 12.6. The van der Waals surface area contributed by atoms with E-state index in [1.165, 1.54) is 0 Å². The average Bonchev–Trinajstić information content (AvgIpc) is 2.95. The molecule has 1 amide bonds. The predicted octanol–water partition coefficient (Wildman–Crippen LogP) is 0.443. The Hall–Kier alpha value is -1.50. The Morgan fingerprint density at radius 1 is 1.17 bits per heavy atom. The first-order valence-electron chi connectivity index (χ1n) is 8.29. The number of carbonyl (C=O) groups excluding carboxylic acids is 1. The van der Waals surface area contributed by atoms with E-state index in [0.29, 0.717) is 18.8 Å². The number of amides is 1. The molecule has 0 unspecified atom stereocenters. The third-order valence-corrected chi connectivity index (χ3v) is 4.72. The summed E-state index contributed by atoms with van der Waals surface area (Å²) in [5.74, 6) is -0.0340. The minimum Gasteiger partial charge on any atom is -0.378 e. The molecule has 0 spiro atoms. The van der Waals surface area contributed by atoms with Gasteiger partial charge in [0, 0.05) is 43.1 Å². The zero-order valence-corrected chi connectivity index (χ0v) is 14.2. The molecule has 23 heavy (non-hydrogen) atoms. The van der Waals surface area contributed by atoms with Crippen LogP contribution < -0.4 is 5.32 Å². The third-order valence-electron chi connectivity index (χ3n) is 4.72. The molecule has 1 aromatic rings. The molecule has 2 saturated heterocycles. The quantitative estimate of drug-likeness (QED) is 0.876. The molecular weight excluding hydrogens is 292 g/mol. The van der Waals surface area contributed by atoms with Gasteiger partial charge in [0.25, 0.3) is 5.91 Å². The van der Waals surface area contributed by atoms with Gasteiger partial charge in [-0.25, -0.2) is 0 Å². The van der Waals surface area contributed by atoms with E-state index in [1.54, 1.807) is 0 Å². The molecule has 0 aliphatic carbocycles. The highest BCUT2D eigenvalue weighted by atomic mass is 16.5. The van der Waals surface area contributed by atoms with Crippen LogP contribution in [0.1, 0.15) is 21.7 Å². The normalized spacial score (nSPS) is 26.4. The summed E-state index contributed by atoms with van der Waals surface area (Å²) in [7, 11) is 2.15. The van der Waals surface area contributed by atoms with Gasteiger partial charge < -0.3 is 15.0 Å². The summed E-state index contributed by atoms with van der Waals surface area (Å²) in [6.45, 7) is 9.31. The lowest BCUT2D eigenvalue weighted by molar-refractivity contribution is 0.0829. The second-order valence-corrected chi connectivity index (χ2v) is 6.66. The van der Waals surface area contributed by atoms with Gasteiger partial charge in [-0.3, -0.25) is 14.7 Å². The van der Waals surface area contributed by atoms with Crippen molar-refractivity contribution in [2.24, 2.45) is 0 Å². The summed E-state index contributed by atoms with van der Waals surface area (Å²) in [6, 6.07) is 4.00. The first-order chi connectivity index (χ1) is 11.0. The SMILES string of the molecule is Cc1cc(C(=O)N[C@H]2COC[C@@H]2N2CCN(C)CC2)cc(C)n1. The van der Waals surface area contributed by atoms with Gasteiger partial charge in [-0.1, -0.05) is 0 Å². The van der Waals surface area contributed by atoms with E-state index in [0.717, 1.165) is 37.6 Å². The fourth-order valence-corrected chi connectivity index (χ4v) is 3.41. The molecule has 3 heterocycles. The van der Waals surface area contributed by atoms with E-state index in [-0.39, 0.29) is 18.0 Å². The number of aromatic nitrogens is 1. The highest BCUT2D eigenvalue weighted by molar-refractivity contribution is 5.94. The minimum absolute atomic E-state index is 0.0340. The van der Waals surface area contributed by atoms with Gasteiger partial charge in [-0.15, -0.1) is 0 Å². The number of nitrogens with one attached hydrogen (secondary N) is 1. The molecule has 2 fully saturated rings. The number of pyridine rings is 1. The Morgan fingerprint density at radius 3 is 2.48 bits per heavy atom. The van der Waals surface area contributed by atoms with Gasteiger partial charge in [0.1, 0.15) is 0 Å². The van der Waals surface area contributed by atoms with E-state index in [4.69, 9.17) is 4.74 Å². The molecule has 0 radical (unpaired) electrons. The molecule has 2 aliphatic rings. The topological polar surface area (TPSA) is 57.7 Å². The van der Waals surface area contributed by atoms with Gasteiger partial charge in [0.2, 0.25) is 0 Å². The van der Waals surface area contributed by atoms with Crippen LogP contribution in [0.4, 0.5) is 0 Å². The second kappa shape index (κ2) is 6.95. The van der Waals surface area contributed by atoms with E-state index in [9.17, 15) is 4.79 Å². The number of carbonyl (C=O) groups is 1. The van der Waals surface area contributed by atoms with Crippen molar-refractivity contribution in [2.45, 2.75) is 25.9 Å². The maximum atomic E-state index is 12.6. The lowest BCUT2D eigenvalue weighted by atomic mass is 10.1. The van der Waals surface area contributed by atoms with Crippen molar-refractivity contribution in [3.05, 3.63) is 29.1 Å². The van der Waals surface area contributed by atoms with E-state index < -0.39 is 0 Å². The molecule has 0 bridgehead atoms. The van der Waals surface area contributed by atoms with Crippen LogP contribution in [0.15, 0.2) is 12.1 Å². The van der Waals surface area contributed by atoms with Crippen LogP contribution in [0, 0.1) is 13.8 Å². The molecule has 3 rings (SSSR count). The number of likely N-dealkylation sites (N-methyl/N-ethyl adjacent to an activating group) is 1. The number of rotatable bonds is 3.